The number of nitrogens with one attached hydrogen (secondary N) is 1. The van der Waals surface area contributed by atoms with Crippen molar-refractivity contribution in [3.05, 3.63) is 71.3 Å². The highest BCUT2D eigenvalue weighted by Gasteiger charge is 2.29. The molecule has 116 valence electrons. The molecule has 3 rings (SSSR count). The summed E-state index contributed by atoms with van der Waals surface area (Å²) in [6.45, 7) is 0.241. The van der Waals surface area contributed by atoms with Crippen molar-refractivity contribution < 1.29 is 9.53 Å². The molecule has 0 saturated heterocycles. The molecule has 0 fully saturated rings. The highest BCUT2D eigenvalue weighted by molar-refractivity contribution is 5.68. The lowest BCUT2D eigenvalue weighted by Crippen LogP contribution is -2.38. The Kier molecular flexibility index (Phi) is 4.63. The molecule has 0 aromatic heterocycles. The van der Waals surface area contributed by atoms with Gasteiger partial charge in [0.25, 0.3) is 0 Å². The van der Waals surface area contributed by atoms with Gasteiger partial charge in [-0.1, -0.05) is 60.5 Å². The topological polar surface area (TPSA) is 38.3 Å². The summed E-state index contributed by atoms with van der Waals surface area (Å²) >= 11 is 0. The lowest BCUT2D eigenvalue weighted by atomic mass is 9.94. The summed E-state index contributed by atoms with van der Waals surface area (Å²) in [5.74, 6) is 2.86. The van der Waals surface area contributed by atoms with Crippen molar-refractivity contribution in [2.45, 2.75) is 31.4 Å². The SMILES string of the molecule is C#CC(NC(=O)OCc1ccccc1)C1CCc2ccccc21. The van der Waals surface area contributed by atoms with Gasteiger partial charge in [0.15, 0.2) is 0 Å². The van der Waals surface area contributed by atoms with Crippen molar-refractivity contribution in [3.8, 4) is 12.3 Å². The van der Waals surface area contributed by atoms with Crippen molar-refractivity contribution in [2.24, 2.45) is 0 Å². The maximum Gasteiger partial charge on any atom is 0.408 e. The van der Waals surface area contributed by atoms with Crippen molar-refractivity contribution in [1.82, 2.24) is 5.32 Å². The standard InChI is InChI=1S/C20H19NO2/c1-2-19(18-13-12-16-10-6-7-11-17(16)18)21-20(22)23-14-15-8-4-3-5-9-15/h1,3-11,18-19H,12-14H2,(H,21,22). The predicted octanol–water partition coefficient (Wildman–Crippen LogP) is 3.64. The van der Waals surface area contributed by atoms with Gasteiger partial charge in [-0.2, -0.15) is 0 Å². The maximum absolute atomic E-state index is 12.0. The van der Waals surface area contributed by atoms with E-state index < -0.39 is 6.09 Å². The van der Waals surface area contributed by atoms with Crippen LogP contribution in [0.1, 0.15) is 29.0 Å². The number of amides is 1. The Morgan fingerprint density at radius 2 is 1.96 bits per heavy atom. The van der Waals surface area contributed by atoms with Crippen LogP contribution in [0.25, 0.3) is 0 Å². The van der Waals surface area contributed by atoms with Gasteiger partial charge < -0.3 is 10.1 Å². The summed E-state index contributed by atoms with van der Waals surface area (Å²) in [5.41, 5.74) is 3.50. The number of rotatable bonds is 4. The fourth-order valence-corrected chi connectivity index (χ4v) is 3.09. The summed E-state index contributed by atoms with van der Waals surface area (Å²) in [4.78, 5) is 12.0. The van der Waals surface area contributed by atoms with Crippen LogP contribution in [-0.2, 0) is 17.8 Å². The molecule has 1 aliphatic carbocycles. The number of hydrogen-bond acceptors (Lipinski definition) is 2. The fourth-order valence-electron chi connectivity index (χ4n) is 3.09. The van der Waals surface area contributed by atoms with Crippen molar-refractivity contribution >= 4 is 6.09 Å². The Labute approximate surface area is 136 Å². The number of terminal acetylenes is 1. The highest BCUT2D eigenvalue weighted by atomic mass is 16.5. The van der Waals surface area contributed by atoms with E-state index >= 15 is 0 Å². The van der Waals surface area contributed by atoms with Crippen LogP contribution in [0.4, 0.5) is 4.79 Å². The molecule has 2 atom stereocenters. The van der Waals surface area contributed by atoms with Gasteiger partial charge in [0.2, 0.25) is 0 Å². The second-order valence-corrected chi connectivity index (χ2v) is 5.69. The third kappa shape index (κ3) is 3.54. The number of benzene rings is 2. The average Bonchev–Trinajstić information content (AvgIpc) is 3.03. The third-order valence-electron chi connectivity index (χ3n) is 4.25. The zero-order valence-electron chi connectivity index (χ0n) is 12.9. The van der Waals surface area contributed by atoms with Gasteiger partial charge in [-0.05, 0) is 29.5 Å². The Balaban J connectivity index is 1.60. The van der Waals surface area contributed by atoms with E-state index in [1.807, 2.05) is 42.5 Å². The van der Waals surface area contributed by atoms with Gasteiger partial charge in [0.05, 0.1) is 0 Å². The first kappa shape index (κ1) is 15.2. The molecule has 0 spiro atoms. The fraction of sp³-hybridized carbons (Fsp3) is 0.250. The molecule has 3 heteroatoms. The van der Waals surface area contributed by atoms with Gasteiger partial charge in [0, 0.05) is 5.92 Å². The first-order chi connectivity index (χ1) is 11.3. The minimum atomic E-state index is -0.471. The summed E-state index contributed by atoms with van der Waals surface area (Å²) in [7, 11) is 0. The lowest BCUT2D eigenvalue weighted by Gasteiger charge is -2.20. The van der Waals surface area contributed by atoms with E-state index in [4.69, 9.17) is 11.2 Å². The number of aryl methyl sites for hydroxylation is 1. The molecule has 0 heterocycles. The highest BCUT2D eigenvalue weighted by Crippen LogP contribution is 2.35. The normalized spacial score (nSPS) is 16.9. The number of ether oxygens (including phenoxy) is 1. The van der Waals surface area contributed by atoms with E-state index in [0.29, 0.717) is 0 Å². The Morgan fingerprint density at radius 3 is 2.74 bits per heavy atom. The number of hydrogen-bond donors (Lipinski definition) is 1. The quantitative estimate of drug-likeness (QED) is 0.876. The van der Waals surface area contributed by atoms with Crippen molar-refractivity contribution in [2.75, 3.05) is 0 Å². The minimum Gasteiger partial charge on any atom is -0.445 e. The largest absolute Gasteiger partial charge is 0.445 e. The van der Waals surface area contributed by atoms with Crippen LogP contribution in [-0.4, -0.2) is 12.1 Å². The van der Waals surface area contributed by atoms with Crippen LogP contribution in [0, 0.1) is 12.3 Å². The molecule has 0 saturated carbocycles. The van der Waals surface area contributed by atoms with E-state index in [0.717, 1.165) is 18.4 Å². The van der Waals surface area contributed by atoms with Gasteiger partial charge in [-0.15, -0.1) is 6.42 Å². The first-order valence-corrected chi connectivity index (χ1v) is 7.79. The van der Waals surface area contributed by atoms with Gasteiger partial charge in [-0.25, -0.2) is 4.79 Å². The van der Waals surface area contributed by atoms with Crippen LogP contribution in [0.2, 0.25) is 0 Å². The number of carbonyl (C=O) groups is 1. The van der Waals surface area contributed by atoms with Gasteiger partial charge >= 0.3 is 6.09 Å². The molecule has 23 heavy (non-hydrogen) atoms. The van der Waals surface area contributed by atoms with Crippen LogP contribution >= 0.6 is 0 Å². The number of carbonyl (C=O) groups excluding carboxylic acids is 1. The first-order valence-electron chi connectivity index (χ1n) is 7.79. The number of alkyl carbamates (subject to hydrolysis) is 1. The molecule has 0 radical (unpaired) electrons. The average molecular weight is 305 g/mol. The maximum atomic E-state index is 12.0. The molecular weight excluding hydrogens is 286 g/mol. The Morgan fingerprint density at radius 1 is 1.22 bits per heavy atom. The Hall–Kier alpha value is -2.73. The molecule has 1 amide bonds. The zero-order valence-corrected chi connectivity index (χ0v) is 12.9. The number of fused-ring (bicyclic) bond motifs is 1. The molecule has 3 nitrogen and oxygen atoms in total. The van der Waals surface area contributed by atoms with Crippen LogP contribution in [0.5, 0.6) is 0 Å². The lowest BCUT2D eigenvalue weighted by molar-refractivity contribution is 0.136. The summed E-state index contributed by atoms with van der Waals surface area (Å²) in [6.07, 6.45) is 7.13. The summed E-state index contributed by atoms with van der Waals surface area (Å²) in [5, 5.41) is 2.82. The molecular formula is C20H19NO2. The van der Waals surface area contributed by atoms with Crippen LogP contribution < -0.4 is 5.32 Å². The van der Waals surface area contributed by atoms with E-state index in [1.165, 1.54) is 11.1 Å². The molecule has 1 N–H and O–H groups in total. The van der Waals surface area contributed by atoms with E-state index in [1.54, 1.807) is 0 Å². The second kappa shape index (κ2) is 7.02. The molecule has 0 bridgehead atoms. The second-order valence-electron chi connectivity index (χ2n) is 5.69. The monoisotopic (exact) mass is 305 g/mol. The van der Waals surface area contributed by atoms with Crippen LogP contribution in [0.3, 0.4) is 0 Å². The minimum absolute atomic E-state index is 0.153. The van der Waals surface area contributed by atoms with Crippen molar-refractivity contribution in [3.63, 3.8) is 0 Å². The zero-order chi connectivity index (χ0) is 16.1. The van der Waals surface area contributed by atoms with Gasteiger partial charge in [0.1, 0.15) is 12.6 Å². The molecule has 0 aliphatic heterocycles. The molecule has 1 aliphatic rings. The summed E-state index contributed by atoms with van der Waals surface area (Å²) in [6, 6.07) is 17.5. The molecule has 2 aromatic carbocycles. The van der Waals surface area contributed by atoms with Crippen molar-refractivity contribution in [1.29, 1.82) is 0 Å². The van der Waals surface area contributed by atoms with E-state index in [2.05, 4.69) is 23.4 Å². The van der Waals surface area contributed by atoms with E-state index in [9.17, 15) is 4.79 Å². The molecule has 2 aromatic rings. The van der Waals surface area contributed by atoms with Gasteiger partial charge in [-0.3, -0.25) is 0 Å². The smallest absolute Gasteiger partial charge is 0.408 e. The predicted molar refractivity (Wildman–Crippen MR) is 89.9 cm³/mol. The Bertz CT molecular complexity index is 718. The third-order valence-corrected chi connectivity index (χ3v) is 4.25. The summed E-state index contributed by atoms with van der Waals surface area (Å²) < 4.78 is 5.26. The van der Waals surface area contributed by atoms with E-state index in [-0.39, 0.29) is 18.6 Å². The van der Waals surface area contributed by atoms with Crippen LogP contribution in [0.15, 0.2) is 54.6 Å². The molecule has 2 unspecified atom stereocenters.